The van der Waals surface area contributed by atoms with E-state index < -0.39 is 23.3 Å². The molecular formula is C11H10F3N5O2. The zero-order valence-corrected chi connectivity index (χ0v) is 11.0. The SMILES string of the molecule is CNC(=O)c1cnn(-c2ccc(OC)nn2)c1C(F)(F)F. The predicted octanol–water partition coefficient (Wildman–Crippen LogP) is 1.05. The molecule has 0 aliphatic heterocycles. The summed E-state index contributed by atoms with van der Waals surface area (Å²) < 4.78 is 44.8. The summed E-state index contributed by atoms with van der Waals surface area (Å²) in [5.74, 6) is -0.931. The third kappa shape index (κ3) is 2.78. The Balaban J connectivity index is 2.58. The molecule has 0 saturated heterocycles. The molecule has 0 spiro atoms. The number of hydrogen-bond donors (Lipinski definition) is 1. The van der Waals surface area contributed by atoms with Crippen LogP contribution >= 0.6 is 0 Å². The van der Waals surface area contributed by atoms with Crippen LogP contribution in [-0.2, 0) is 6.18 Å². The van der Waals surface area contributed by atoms with Crippen LogP contribution in [0.15, 0.2) is 18.3 Å². The minimum atomic E-state index is -4.78. The van der Waals surface area contributed by atoms with Crippen LogP contribution in [0.4, 0.5) is 13.2 Å². The van der Waals surface area contributed by atoms with Crippen molar-refractivity contribution < 1.29 is 22.7 Å². The van der Waals surface area contributed by atoms with Crippen LogP contribution in [0.3, 0.4) is 0 Å². The van der Waals surface area contributed by atoms with Crippen molar-refractivity contribution in [2.75, 3.05) is 14.2 Å². The third-order valence-corrected chi connectivity index (χ3v) is 2.56. The van der Waals surface area contributed by atoms with Gasteiger partial charge in [-0.25, -0.2) is 4.68 Å². The van der Waals surface area contributed by atoms with Crippen molar-refractivity contribution in [2.45, 2.75) is 6.18 Å². The molecule has 0 aliphatic rings. The fourth-order valence-electron chi connectivity index (χ4n) is 1.63. The molecule has 2 aromatic rings. The van der Waals surface area contributed by atoms with E-state index >= 15 is 0 Å². The summed E-state index contributed by atoms with van der Waals surface area (Å²) in [5.41, 5.74) is -1.82. The van der Waals surface area contributed by atoms with Gasteiger partial charge in [0.25, 0.3) is 5.91 Å². The number of rotatable bonds is 3. The Bertz CT molecular complexity index is 651. The van der Waals surface area contributed by atoms with Crippen molar-refractivity contribution in [2.24, 2.45) is 0 Å². The Hall–Kier alpha value is -2.65. The van der Waals surface area contributed by atoms with Gasteiger partial charge in [0, 0.05) is 13.1 Å². The summed E-state index contributed by atoms with van der Waals surface area (Å²) in [6, 6.07) is 2.59. The largest absolute Gasteiger partial charge is 0.480 e. The zero-order chi connectivity index (χ0) is 15.6. The molecular weight excluding hydrogens is 291 g/mol. The maximum atomic E-state index is 13.2. The van der Waals surface area contributed by atoms with Gasteiger partial charge in [0.2, 0.25) is 5.88 Å². The first-order valence-electron chi connectivity index (χ1n) is 5.64. The van der Waals surface area contributed by atoms with Gasteiger partial charge in [0.15, 0.2) is 11.5 Å². The topological polar surface area (TPSA) is 81.9 Å². The Kier molecular flexibility index (Phi) is 3.78. The van der Waals surface area contributed by atoms with Crippen LogP contribution < -0.4 is 10.1 Å². The summed E-state index contributed by atoms with van der Waals surface area (Å²) in [6.07, 6.45) is -3.95. The van der Waals surface area contributed by atoms with Crippen LogP contribution in [0.5, 0.6) is 5.88 Å². The molecule has 0 atom stereocenters. The normalized spacial score (nSPS) is 11.3. The maximum Gasteiger partial charge on any atom is 0.434 e. The number of aromatic nitrogens is 4. The van der Waals surface area contributed by atoms with Crippen LogP contribution in [0.25, 0.3) is 5.82 Å². The van der Waals surface area contributed by atoms with E-state index in [4.69, 9.17) is 4.74 Å². The first kappa shape index (κ1) is 14.8. The summed E-state index contributed by atoms with van der Waals surface area (Å²) in [7, 11) is 2.58. The number of ether oxygens (including phenoxy) is 1. The quantitative estimate of drug-likeness (QED) is 0.916. The van der Waals surface area contributed by atoms with E-state index in [0.29, 0.717) is 4.68 Å². The number of carbonyl (C=O) groups excluding carboxylic acids is 1. The number of nitrogens with one attached hydrogen (secondary N) is 1. The van der Waals surface area contributed by atoms with Crippen molar-refractivity contribution in [3.05, 3.63) is 29.6 Å². The molecule has 0 aliphatic carbocycles. The maximum absolute atomic E-state index is 13.2. The highest BCUT2D eigenvalue weighted by Crippen LogP contribution is 2.33. The minimum Gasteiger partial charge on any atom is -0.480 e. The van der Waals surface area contributed by atoms with Gasteiger partial charge in [-0.05, 0) is 6.07 Å². The predicted molar refractivity (Wildman–Crippen MR) is 64.1 cm³/mol. The molecule has 0 radical (unpaired) electrons. The smallest absolute Gasteiger partial charge is 0.434 e. The molecule has 112 valence electrons. The average Bonchev–Trinajstić information content (AvgIpc) is 2.91. The summed E-state index contributed by atoms with van der Waals surface area (Å²) in [4.78, 5) is 11.5. The van der Waals surface area contributed by atoms with Crippen molar-refractivity contribution in [3.8, 4) is 11.7 Å². The molecule has 1 N–H and O–H groups in total. The number of hydrogen-bond acceptors (Lipinski definition) is 5. The van der Waals surface area contributed by atoms with Crippen LogP contribution in [-0.4, -0.2) is 40.0 Å². The molecule has 0 aromatic carbocycles. The van der Waals surface area contributed by atoms with E-state index in [9.17, 15) is 18.0 Å². The lowest BCUT2D eigenvalue weighted by Gasteiger charge is -2.11. The van der Waals surface area contributed by atoms with Crippen molar-refractivity contribution >= 4 is 5.91 Å². The number of amides is 1. The van der Waals surface area contributed by atoms with Crippen LogP contribution in [0, 0.1) is 0 Å². The molecule has 0 saturated carbocycles. The Labute approximate surface area is 116 Å². The standard InChI is InChI=1S/C11H10F3N5O2/c1-15-10(20)6-5-16-19(9(6)11(12,13)14)7-3-4-8(21-2)18-17-7/h3-5H,1-2H3,(H,15,20). The van der Waals surface area contributed by atoms with E-state index in [0.717, 1.165) is 6.20 Å². The summed E-state index contributed by atoms with van der Waals surface area (Å²) >= 11 is 0. The molecule has 2 aromatic heterocycles. The lowest BCUT2D eigenvalue weighted by molar-refractivity contribution is -0.143. The second-order valence-corrected chi connectivity index (χ2v) is 3.83. The van der Waals surface area contributed by atoms with Crippen molar-refractivity contribution in [3.63, 3.8) is 0 Å². The number of carbonyl (C=O) groups is 1. The van der Waals surface area contributed by atoms with E-state index in [1.54, 1.807) is 0 Å². The molecule has 0 fully saturated rings. The molecule has 10 heteroatoms. The van der Waals surface area contributed by atoms with E-state index in [1.807, 2.05) is 0 Å². The van der Waals surface area contributed by atoms with Crippen LogP contribution in [0.2, 0.25) is 0 Å². The molecule has 7 nitrogen and oxygen atoms in total. The zero-order valence-electron chi connectivity index (χ0n) is 11.0. The van der Waals surface area contributed by atoms with E-state index in [1.165, 1.54) is 26.3 Å². The van der Waals surface area contributed by atoms with Crippen LogP contribution in [0.1, 0.15) is 16.1 Å². The fourth-order valence-corrected chi connectivity index (χ4v) is 1.63. The Morgan fingerprint density at radius 2 is 2.05 bits per heavy atom. The molecule has 2 heterocycles. The fraction of sp³-hybridized carbons (Fsp3) is 0.273. The second-order valence-electron chi connectivity index (χ2n) is 3.83. The molecule has 2 rings (SSSR count). The van der Waals surface area contributed by atoms with Gasteiger partial charge in [-0.3, -0.25) is 4.79 Å². The van der Waals surface area contributed by atoms with E-state index in [2.05, 4.69) is 20.6 Å². The number of nitrogens with zero attached hydrogens (tertiary/aromatic N) is 4. The first-order valence-corrected chi connectivity index (χ1v) is 5.64. The Morgan fingerprint density at radius 3 is 2.52 bits per heavy atom. The van der Waals surface area contributed by atoms with Gasteiger partial charge in [0.1, 0.15) is 0 Å². The highest BCUT2D eigenvalue weighted by molar-refractivity contribution is 5.95. The number of alkyl halides is 3. The highest BCUT2D eigenvalue weighted by atomic mass is 19.4. The monoisotopic (exact) mass is 301 g/mol. The highest BCUT2D eigenvalue weighted by Gasteiger charge is 2.40. The lowest BCUT2D eigenvalue weighted by atomic mass is 10.2. The third-order valence-electron chi connectivity index (χ3n) is 2.56. The van der Waals surface area contributed by atoms with Gasteiger partial charge in [-0.1, -0.05) is 0 Å². The Morgan fingerprint density at radius 1 is 1.33 bits per heavy atom. The summed E-state index contributed by atoms with van der Waals surface area (Å²) in [5, 5.41) is 12.9. The average molecular weight is 301 g/mol. The van der Waals surface area contributed by atoms with Gasteiger partial charge >= 0.3 is 6.18 Å². The van der Waals surface area contributed by atoms with Gasteiger partial charge < -0.3 is 10.1 Å². The summed E-state index contributed by atoms with van der Waals surface area (Å²) in [6.45, 7) is 0. The first-order chi connectivity index (χ1) is 9.88. The van der Waals surface area contributed by atoms with Gasteiger partial charge in [-0.15, -0.1) is 10.2 Å². The van der Waals surface area contributed by atoms with Crippen molar-refractivity contribution in [1.82, 2.24) is 25.3 Å². The number of halogens is 3. The van der Waals surface area contributed by atoms with E-state index in [-0.39, 0.29) is 11.7 Å². The number of methoxy groups -OCH3 is 1. The molecule has 0 unspecified atom stereocenters. The van der Waals surface area contributed by atoms with Crippen molar-refractivity contribution in [1.29, 1.82) is 0 Å². The molecule has 0 bridgehead atoms. The van der Waals surface area contributed by atoms with Gasteiger partial charge in [0.05, 0.1) is 18.9 Å². The molecule has 21 heavy (non-hydrogen) atoms. The van der Waals surface area contributed by atoms with Gasteiger partial charge in [-0.2, -0.15) is 18.3 Å². The second kappa shape index (κ2) is 5.38. The minimum absolute atomic E-state index is 0.144. The lowest BCUT2D eigenvalue weighted by Crippen LogP contribution is -2.23. The molecule has 1 amide bonds.